The Hall–Kier alpha value is -3.37. The highest BCUT2D eigenvalue weighted by Gasteiger charge is 2.17. The predicted octanol–water partition coefficient (Wildman–Crippen LogP) is 4.97. The summed E-state index contributed by atoms with van der Waals surface area (Å²) < 4.78 is 0. The Bertz CT molecular complexity index is 1050. The van der Waals surface area contributed by atoms with Gasteiger partial charge in [-0.2, -0.15) is 0 Å². The van der Waals surface area contributed by atoms with Crippen molar-refractivity contribution in [2.45, 2.75) is 13.3 Å². The normalized spacial score (nSPS) is 10.9. The molecule has 0 saturated heterocycles. The highest BCUT2D eigenvalue weighted by atomic mass is 16.2. The van der Waals surface area contributed by atoms with E-state index in [9.17, 15) is 4.79 Å². The van der Waals surface area contributed by atoms with Crippen molar-refractivity contribution >= 4 is 28.2 Å². The number of rotatable bonds is 7. The molecule has 0 bridgehead atoms. The van der Waals surface area contributed by atoms with Gasteiger partial charge in [-0.25, -0.2) is 0 Å². The van der Waals surface area contributed by atoms with Crippen LogP contribution in [0, 0.1) is 6.92 Å². The Labute approximate surface area is 171 Å². The Morgan fingerprint density at radius 3 is 2.24 bits per heavy atom. The van der Waals surface area contributed by atoms with Gasteiger partial charge in [0.15, 0.2) is 0 Å². The van der Waals surface area contributed by atoms with E-state index in [0.717, 1.165) is 29.9 Å². The number of aromatic nitrogens is 1. The number of benzene rings is 3. The second kappa shape index (κ2) is 8.76. The molecule has 4 rings (SSSR count). The lowest BCUT2D eigenvalue weighted by Gasteiger charge is -2.23. The highest BCUT2D eigenvalue weighted by Crippen LogP contribution is 2.25. The van der Waals surface area contributed by atoms with E-state index < -0.39 is 0 Å². The van der Waals surface area contributed by atoms with Crippen LogP contribution in [0.2, 0.25) is 0 Å². The number of nitrogens with zero attached hydrogens (tertiary/aromatic N) is 1. The van der Waals surface area contributed by atoms with Gasteiger partial charge in [0.2, 0.25) is 5.91 Å². The van der Waals surface area contributed by atoms with Gasteiger partial charge in [-0.05, 0) is 61.9 Å². The number of hydrogen-bond donors (Lipinski definition) is 2. The van der Waals surface area contributed by atoms with Gasteiger partial charge in [-0.3, -0.25) is 9.69 Å². The summed E-state index contributed by atoms with van der Waals surface area (Å²) in [5, 5.41) is 4.58. The quantitative estimate of drug-likeness (QED) is 0.443. The second-order valence-electron chi connectivity index (χ2n) is 7.19. The van der Waals surface area contributed by atoms with Gasteiger partial charge in [0, 0.05) is 28.5 Å². The summed E-state index contributed by atoms with van der Waals surface area (Å²) in [6.45, 7) is 3.13. The monoisotopic (exact) mass is 383 g/mol. The number of nitrogens with one attached hydrogen (secondary N) is 2. The van der Waals surface area contributed by atoms with Crippen LogP contribution in [0.1, 0.15) is 11.1 Å². The fourth-order valence-corrected chi connectivity index (χ4v) is 3.59. The van der Waals surface area contributed by atoms with E-state index in [-0.39, 0.29) is 12.5 Å². The van der Waals surface area contributed by atoms with Crippen LogP contribution in [0.25, 0.3) is 10.9 Å². The van der Waals surface area contributed by atoms with Crippen molar-refractivity contribution in [1.29, 1.82) is 0 Å². The van der Waals surface area contributed by atoms with Gasteiger partial charge < -0.3 is 10.3 Å². The SMILES string of the molecule is Cc1ccc2[nH]cc(CCNCC(=O)N(c3ccccc3)c3ccccc3)c2c1. The predicted molar refractivity (Wildman–Crippen MR) is 120 cm³/mol. The minimum Gasteiger partial charge on any atom is -0.361 e. The molecule has 1 heterocycles. The van der Waals surface area contributed by atoms with E-state index >= 15 is 0 Å². The van der Waals surface area contributed by atoms with E-state index in [1.807, 2.05) is 60.7 Å². The van der Waals surface area contributed by atoms with Crippen LogP contribution in [0.15, 0.2) is 85.1 Å². The minimum absolute atomic E-state index is 0.0252. The summed E-state index contributed by atoms with van der Waals surface area (Å²) >= 11 is 0. The molecule has 0 atom stereocenters. The first kappa shape index (κ1) is 19.0. The number of hydrogen-bond acceptors (Lipinski definition) is 2. The molecule has 0 saturated carbocycles. The summed E-state index contributed by atoms with van der Waals surface area (Å²) in [5.41, 5.74) is 5.42. The molecular formula is C25H25N3O. The van der Waals surface area contributed by atoms with Gasteiger partial charge in [-0.15, -0.1) is 0 Å². The zero-order valence-electron chi connectivity index (χ0n) is 16.6. The first-order valence-electron chi connectivity index (χ1n) is 9.93. The van der Waals surface area contributed by atoms with E-state index in [1.54, 1.807) is 4.90 Å². The average molecular weight is 383 g/mol. The molecule has 0 aliphatic rings. The first-order chi connectivity index (χ1) is 14.2. The molecule has 3 aromatic carbocycles. The molecule has 0 unspecified atom stereocenters. The van der Waals surface area contributed by atoms with Gasteiger partial charge >= 0.3 is 0 Å². The molecule has 1 aromatic heterocycles. The maximum atomic E-state index is 13.0. The Balaban J connectivity index is 1.41. The van der Waals surface area contributed by atoms with E-state index in [4.69, 9.17) is 0 Å². The molecule has 29 heavy (non-hydrogen) atoms. The van der Waals surface area contributed by atoms with Crippen molar-refractivity contribution in [3.63, 3.8) is 0 Å². The number of carbonyl (C=O) groups excluding carboxylic acids is 1. The van der Waals surface area contributed by atoms with Crippen molar-refractivity contribution in [2.24, 2.45) is 0 Å². The lowest BCUT2D eigenvalue weighted by atomic mass is 10.1. The number of aryl methyl sites for hydroxylation is 1. The molecule has 0 spiro atoms. The zero-order chi connectivity index (χ0) is 20.1. The lowest BCUT2D eigenvalue weighted by molar-refractivity contribution is -0.117. The van der Waals surface area contributed by atoms with Crippen LogP contribution in [0.4, 0.5) is 11.4 Å². The van der Waals surface area contributed by atoms with Crippen molar-refractivity contribution < 1.29 is 4.79 Å². The molecule has 4 aromatic rings. The van der Waals surface area contributed by atoms with Crippen molar-refractivity contribution in [2.75, 3.05) is 18.0 Å². The maximum absolute atomic E-state index is 13.0. The number of aromatic amines is 1. The van der Waals surface area contributed by atoms with Crippen LogP contribution in [0.5, 0.6) is 0 Å². The van der Waals surface area contributed by atoms with Crippen LogP contribution in [0.3, 0.4) is 0 Å². The zero-order valence-corrected chi connectivity index (χ0v) is 16.6. The molecule has 146 valence electrons. The molecule has 4 nitrogen and oxygen atoms in total. The van der Waals surface area contributed by atoms with Gasteiger partial charge in [0.05, 0.1) is 6.54 Å². The molecule has 2 N–H and O–H groups in total. The summed E-state index contributed by atoms with van der Waals surface area (Å²) in [7, 11) is 0. The molecule has 0 aliphatic carbocycles. The Kier molecular flexibility index (Phi) is 5.73. The van der Waals surface area contributed by atoms with Crippen LogP contribution < -0.4 is 10.2 Å². The largest absolute Gasteiger partial charge is 0.361 e. The third kappa shape index (κ3) is 4.39. The van der Waals surface area contributed by atoms with Crippen molar-refractivity contribution in [3.8, 4) is 0 Å². The smallest absolute Gasteiger partial charge is 0.245 e. The van der Waals surface area contributed by atoms with Crippen LogP contribution in [-0.4, -0.2) is 24.0 Å². The lowest BCUT2D eigenvalue weighted by Crippen LogP contribution is -2.36. The number of H-pyrrole nitrogens is 1. The summed E-state index contributed by atoms with van der Waals surface area (Å²) in [6, 6.07) is 26.0. The molecule has 0 fully saturated rings. The van der Waals surface area contributed by atoms with E-state index in [0.29, 0.717) is 0 Å². The molecular weight excluding hydrogens is 358 g/mol. The Morgan fingerprint density at radius 2 is 1.59 bits per heavy atom. The highest BCUT2D eigenvalue weighted by molar-refractivity contribution is 6.01. The molecule has 0 radical (unpaired) electrons. The van der Waals surface area contributed by atoms with E-state index in [1.165, 1.54) is 16.5 Å². The van der Waals surface area contributed by atoms with Gasteiger partial charge in [0.25, 0.3) is 0 Å². The summed E-state index contributed by atoms with van der Waals surface area (Å²) in [6.07, 6.45) is 2.93. The minimum atomic E-state index is 0.0252. The van der Waals surface area contributed by atoms with Gasteiger partial charge in [0.1, 0.15) is 0 Å². The van der Waals surface area contributed by atoms with Crippen molar-refractivity contribution in [1.82, 2.24) is 10.3 Å². The number of amides is 1. The average Bonchev–Trinajstić information content (AvgIpc) is 3.15. The number of fused-ring (bicyclic) bond motifs is 1. The fourth-order valence-electron chi connectivity index (χ4n) is 3.59. The fraction of sp³-hybridized carbons (Fsp3) is 0.160. The third-order valence-corrected chi connectivity index (χ3v) is 5.05. The van der Waals surface area contributed by atoms with Crippen LogP contribution in [-0.2, 0) is 11.2 Å². The van der Waals surface area contributed by atoms with Crippen molar-refractivity contribution in [3.05, 3.63) is 96.2 Å². The number of carbonyl (C=O) groups is 1. The Morgan fingerprint density at radius 1 is 0.931 bits per heavy atom. The molecule has 0 aliphatic heterocycles. The van der Waals surface area contributed by atoms with E-state index in [2.05, 4.69) is 41.6 Å². The standard InChI is InChI=1S/C25H25N3O/c1-19-12-13-24-23(16-19)20(17-27-24)14-15-26-18-25(29)28(21-8-4-2-5-9-21)22-10-6-3-7-11-22/h2-13,16-17,26-27H,14-15,18H2,1H3. The van der Waals surface area contributed by atoms with Crippen LogP contribution >= 0.6 is 0 Å². The summed E-state index contributed by atoms with van der Waals surface area (Å²) in [4.78, 5) is 18.1. The van der Waals surface area contributed by atoms with Gasteiger partial charge in [-0.1, -0.05) is 48.0 Å². The number of para-hydroxylation sites is 2. The summed E-state index contributed by atoms with van der Waals surface area (Å²) in [5.74, 6) is 0.0252. The maximum Gasteiger partial charge on any atom is 0.245 e. The molecule has 1 amide bonds. The third-order valence-electron chi connectivity index (χ3n) is 5.05. The topological polar surface area (TPSA) is 48.1 Å². The molecule has 4 heteroatoms. The number of anilines is 2. The first-order valence-corrected chi connectivity index (χ1v) is 9.93. The second-order valence-corrected chi connectivity index (χ2v) is 7.19.